The smallest absolute Gasteiger partial charge is 0.404 e. The molecule has 1 aliphatic rings. The van der Waals surface area contributed by atoms with Crippen LogP contribution in [-0.2, 0) is 4.79 Å². The molecule has 1 aliphatic carbocycles. The van der Waals surface area contributed by atoms with Crippen molar-refractivity contribution in [1.82, 2.24) is 15.3 Å². The highest BCUT2D eigenvalue weighted by Crippen LogP contribution is 2.28. The van der Waals surface area contributed by atoms with Crippen molar-refractivity contribution in [3.05, 3.63) is 42.5 Å². The summed E-state index contributed by atoms with van der Waals surface area (Å²) in [4.78, 5) is 31.8. The van der Waals surface area contributed by atoms with Gasteiger partial charge in [0.25, 0.3) is 0 Å². The lowest BCUT2D eigenvalue weighted by molar-refractivity contribution is -0.120. The van der Waals surface area contributed by atoms with E-state index in [9.17, 15) is 9.59 Å². The van der Waals surface area contributed by atoms with Crippen LogP contribution in [0.15, 0.2) is 41.1 Å². The Morgan fingerprint density at radius 1 is 1.07 bits per heavy atom. The van der Waals surface area contributed by atoms with Crippen molar-refractivity contribution >= 4 is 28.6 Å². The maximum Gasteiger partial charge on any atom is 0.404 e. The van der Waals surface area contributed by atoms with E-state index in [0.717, 1.165) is 16.3 Å². The third-order valence-corrected chi connectivity index (χ3v) is 5.30. The molecule has 2 heterocycles. The predicted molar refractivity (Wildman–Crippen MR) is 108 cm³/mol. The number of nitrogens with zero attached hydrogens (tertiary/aromatic N) is 2. The number of aromatic nitrogens is 2. The van der Waals surface area contributed by atoms with Crippen molar-refractivity contribution in [2.24, 2.45) is 5.92 Å². The van der Waals surface area contributed by atoms with Crippen LogP contribution in [0.25, 0.3) is 22.1 Å². The van der Waals surface area contributed by atoms with Gasteiger partial charge in [0.1, 0.15) is 5.82 Å². The number of hydrogen-bond acceptors (Lipinski definition) is 5. The minimum atomic E-state index is -1.02. The maximum atomic E-state index is 12.6. The zero-order valence-corrected chi connectivity index (χ0v) is 16.0. The molecule has 0 radical (unpaired) electrons. The average molecular weight is 394 g/mol. The fourth-order valence-corrected chi connectivity index (χ4v) is 3.76. The average Bonchev–Trinajstić information content (AvgIpc) is 3.14. The number of carbonyl (C=O) groups excluding carboxylic acids is 1. The number of pyridine rings is 1. The van der Waals surface area contributed by atoms with Crippen LogP contribution in [0.3, 0.4) is 0 Å². The van der Waals surface area contributed by atoms with E-state index in [2.05, 4.69) is 20.6 Å². The third-order valence-electron chi connectivity index (χ3n) is 5.30. The Labute approximate surface area is 167 Å². The van der Waals surface area contributed by atoms with Crippen molar-refractivity contribution in [3.8, 4) is 11.3 Å². The molecule has 2 amide bonds. The summed E-state index contributed by atoms with van der Waals surface area (Å²) in [6, 6.07) is 7.66. The van der Waals surface area contributed by atoms with Crippen LogP contribution in [0, 0.1) is 12.8 Å². The van der Waals surface area contributed by atoms with Gasteiger partial charge in [-0.25, -0.2) is 14.8 Å². The van der Waals surface area contributed by atoms with Gasteiger partial charge in [-0.2, -0.15) is 0 Å². The Kier molecular flexibility index (Phi) is 5.16. The molecule has 1 aromatic carbocycles. The quantitative estimate of drug-likeness (QED) is 0.616. The molecule has 3 N–H and O–H groups in total. The Balaban J connectivity index is 1.45. The Bertz CT molecular complexity index is 1050. The first-order valence-corrected chi connectivity index (χ1v) is 9.61. The van der Waals surface area contributed by atoms with Crippen LogP contribution in [-0.4, -0.2) is 33.1 Å². The molecular formula is C21H22N4O4. The van der Waals surface area contributed by atoms with Gasteiger partial charge in [0.15, 0.2) is 11.7 Å². The van der Waals surface area contributed by atoms with Gasteiger partial charge < -0.3 is 20.2 Å². The monoisotopic (exact) mass is 394 g/mol. The van der Waals surface area contributed by atoms with E-state index in [1.807, 2.05) is 24.3 Å². The van der Waals surface area contributed by atoms with Gasteiger partial charge >= 0.3 is 6.09 Å². The van der Waals surface area contributed by atoms with Gasteiger partial charge in [0, 0.05) is 36.0 Å². The summed E-state index contributed by atoms with van der Waals surface area (Å²) >= 11 is 0. The van der Waals surface area contributed by atoms with Gasteiger partial charge in [-0.1, -0.05) is 12.1 Å². The zero-order valence-electron chi connectivity index (χ0n) is 16.0. The van der Waals surface area contributed by atoms with Crippen molar-refractivity contribution in [2.75, 3.05) is 5.32 Å². The number of amides is 2. The van der Waals surface area contributed by atoms with Crippen molar-refractivity contribution in [3.63, 3.8) is 0 Å². The number of hydrogen-bond donors (Lipinski definition) is 3. The molecule has 0 bridgehead atoms. The first-order chi connectivity index (χ1) is 14.0. The van der Waals surface area contributed by atoms with E-state index in [0.29, 0.717) is 43.2 Å². The molecule has 8 nitrogen and oxygen atoms in total. The van der Waals surface area contributed by atoms with Crippen LogP contribution in [0.4, 0.5) is 10.6 Å². The summed E-state index contributed by atoms with van der Waals surface area (Å²) in [5.41, 5.74) is 0.908. The second-order valence-electron chi connectivity index (χ2n) is 7.36. The van der Waals surface area contributed by atoms with E-state index in [4.69, 9.17) is 9.52 Å². The van der Waals surface area contributed by atoms with Gasteiger partial charge in [0.05, 0.1) is 6.20 Å². The minimum absolute atomic E-state index is 0.0755. The number of rotatable bonds is 4. The summed E-state index contributed by atoms with van der Waals surface area (Å²) in [5, 5.41) is 16.1. The summed E-state index contributed by atoms with van der Waals surface area (Å²) in [6.45, 7) is 1.80. The van der Waals surface area contributed by atoms with E-state index < -0.39 is 6.09 Å². The second-order valence-corrected chi connectivity index (χ2v) is 7.36. The van der Waals surface area contributed by atoms with Crippen molar-refractivity contribution in [1.29, 1.82) is 0 Å². The lowest BCUT2D eigenvalue weighted by atomic mass is 9.85. The molecule has 8 heteroatoms. The van der Waals surface area contributed by atoms with E-state index in [-0.39, 0.29) is 17.9 Å². The summed E-state index contributed by atoms with van der Waals surface area (Å²) in [6.07, 6.45) is 5.03. The predicted octanol–water partition coefficient (Wildman–Crippen LogP) is 3.96. The zero-order chi connectivity index (χ0) is 20.4. The summed E-state index contributed by atoms with van der Waals surface area (Å²) < 4.78 is 5.59. The highest BCUT2D eigenvalue weighted by molar-refractivity contribution is 5.95. The molecule has 0 saturated heterocycles. The van der Waals surface area contributed by atoms with Gasteiger partial charge in [-0.15, -0.1) is 0 Å². The maximum absolute atomic E-state index is 12.6. The van der Waals surface area contributed by atoms with Crippen LogP contribution < -0.4 is 10.6 Å². The SMILES string of the molecule is Cc1ncc(-c2ccc3cnc(NC(=O)[C@H]4CC[C@H](NC(=O)O)CC4)cc3c2)o1. The van der Waals surface area contributed by atoms with Crippen LogP contribution >= 0.6 is 0 Å². The van der Waals surface area contributed by atoms with Crippen molar-refractivity contribution < 1.29 is 19.1 Å². The van der Waals surface area contributed by atoms with Gasteiger partial charge in [0.2, 0.25) is 5.91 Å². The highest BCUT2D eigenvalue weighted by Gasteiger charge is 2.27. The molecule has 29 heavy (non-hydrogen) atoms. The molecule has 1 fully saturated rings. The number of carboxylic acid groups (broad SMARTS) is 1. The third kappa shape index (κ3) is 4.37. The first kappa shape index (κ1) is 18.9. The van der Waals surface area contributed by atoms with Gasteiger partial charge in [-0.3, -0.25) is 4.79 Å². The van der Waals surface area contributed by atoms with Gasteiger partial charge in [-0.05, 0) is 43.2 Å². The molecule has 150 valence electrons. The number of nitrogens with one attached hydrogen (secondary N) is 2. The topological polar surface area (TPSA) is 117 Å². The Morgan fingerprint density at radius 3 is 2.55 bits per heavy atom. The number of anilines is 1. The standard InChI is InChI=1S/C21H22N4O4/c1-12-22-11-18(29-12)14-2-3-15-10-23-19(9-16(15)8-14)25-20(26)13-4-6-17(7-5-13)24-21(27)28/h2-3,8-11,13,17,24H,4-7H2,1H3,(H,27,28)(H,23,25,26)/t13-,17-. The second kappa shape index (κ2) is 7.90. The molecule has 0 aliphatic heterocycles. The molecule has 0 spiro atoms. The summed E-state index contributed by atoms with van der Waals surface area (Å²) in [5.74, 6) is 1.59. The number of fused-ring (bicyclic) bond motifs is 1. The lowest BCUT2D eigenvalue weighted by Crippen LogP contribution is -2.38. The largest absolute Gasteiger partial charge is 0.465 e. The van der Waals surface area contributed by atoms with E-state index in [1.165, 1.54) is 0 Å². The molecule has 1 saturated carbocycles. The Hall–Kier alpha value is -3.42. The minimum Gasteiger partial charge on any atom is -0.465 e. The fourth-order valence-electron chi connectivity index (χ4n) is 3.76. The highest BCUT2D eigenvalue weighted by atomic mass is 16.4. The number of benzene rings is 1. The fraction of sp³-hybridized carbons (Fsp3) is 0.333. The number of aryl methyl sites for hydroxylation is 1. The van der Waals surface area contributed by atoms with E-state index in [1.54, 1.807) is 19.3 Å². The molecule has 0 atom stereocenters. The number of carbonyl (C=O) groups is 2. The first-order valence-electron chi connectivity index (χ1n) is 9.61. The summed E-state index contributed by atoms with van der Waals surface area (Å²) in [7, 11) is 0. The van der Waals surface area contributed by atoms with Crippen LogP contribution in [0.5, 0.6) is 0 Å². The Morgan fingerprint density at radius 2 is 1.86 bits per heavy atom. The van der Waals surface area contributed by atoms with Crippen LogP contribution in [0.2, 0.25) is 0 Å². The molecular weight excluding hydrogens is 372 g/mol. The van der Waals surface area contributed by atoms with Crippen molar-refractivity contribution in [2.45, 2.75) is 38.6 Å². The number of oxazole rings is 1. The molecule has 4 rings (SSSR count). The molecule has 0 unspecified atom stereocenters. The normalized spacial score (nSPS) is 19.1. The molecule has 3 aromatic rings. The molecule has 2 aromatic heterocycles. The van der Waals surface area contributed by atoms with Crippen LogP contribution in [0.1, 0.15) is 31.6 Å². The lowest BCUT2D eigenvalue weighted by Gasteiger charge is -2.27. The van der Waals surface area contributed by atoms with E-state index >= 15 is 0 Å².